The third-order valence-electron chi connectivity index (χ3n) is 6.84. The number of ketones is 1. The van der Waals surface area contributed by atoms with Crippen LogP contribution in [0.2, 0.25) is 0 Å². The van der Waals surface area contributed by atoms with Gasteiger partial charge in [-0.2, -0.15) is 0 Å². The third-order valence-corrected chi connectivity index (χ3v) is 6.84. The van der Waals surface area contributed by atoms with Gasteiger partial charge in [-0.1, -0.05) is 66.7 Å². The summed E-state index contributed by atoms with van der Waals surface area (Å²) in [7, 11) is 0. The van der Waals surface area contributed by atoms with Crippen LogP contribution in [0.3, 0.4) is 0 Å². The van der Waals surface area contributed by atoms with Crippen molar-refractivity contribution in [1.29, 1.82) is 0 Å². The summed E-state index contributed by atoms with van der Waals surface area (Å²) >= 11 is 0. The number of hydrogen-bond acceptors (Lipinski definition) is 4. The topological polar surface area (TPSA) is 57.7 Å². The van der Waals surface area contributed by atoms with Crippen molar-refractivity contribution in [2.24, 2.45) is 11.8 Å². The highest BCUT2D eigenvalue weighted by atomic mass is 16.2. The minimum absolute atomic E-state index is 0.0940. The van der Waals surface area contributed by atoms with Crippen LogP contribution in [0.4, 0.5) is 11.4 Å². The van der Waals surface area contributed by atoms with E-state index in [1.807, 2.05) is 83.8 Å². The standard InChI is InChI=1S/C26H20N2O3/c1-15(29)24-23-22(21-14-13-17-8-3-5-11-19(17)27(21)24)25(30)28(26(23)31)20-12-6-9-16-7-2-4-10-18(16)20/h2-14,21-24H,1H3/t21-,22-,23-,24-/m0/s1. The molecule has 3 aliphatic heterocycles. The summed E-state index contributed by atoms with van der Waals surface area (Å²) in [5.41, 5.74) is 2.49. The first-order chi connectivity index (χ1) is 15.1. The quantitative estimate of drug-likeness (QED) is 0.605. The molecule has 0 spiro atoms. The molecule has 152 valence electrons. The van der Waals surface area contributed by atoms with E-state index in [-0.39, 0.29) is 23.6 Å². The number of benzene rings is 3. The van der Waals surface area contributed by atoms with Crippen molar-refractivity contribution in [3.8, 4) is 0 Å². The van der Waals surface area contributed by atoms with Crippen molar-refractivity contribution in [2.75, 3.05) is 9.80 Å². The highest BCUT2D eigenvalue weighted by molar-refractivity contribution is 6.27. The van der Waals surface area contributed by atoms with Gasteiger partial charge in [0.05, 0.1) is 23.6 Å². The van der Waals surface area contributed by atoms with Crippen LogP contribution in [-0.4, -0.2) is 29.7 Å². The zero-order valence-electron chi connectivity index (χ0n) is 16.9. The van der Waals surface area contributed by atoms with Crippen LogP contribution in [0.25, 0.3) is 16.8 Å². The van der Waals surface area contributed by atoms with Gasteiger partial charge < -0.3 is 4.90 Å². The van der Waals surface area contributed by atoms with E-state index >= 15 is 0 Å². The lowest BCUT2D eigenvalue weighted by atomic mass is 9.88. The maximum atomic E-state index is 13.7. The molecule has 3 aromatic carbocycles. The summed E-state index contributed by atoms with van der Waals surface area (Å²) in [4.78, 5) is 43.5. The fourth-order valence-corrected chi connectivity index (χ4v) is 5.61. The van der Waals surface area contributed by atoms with Crippen LogP contribution >= 0.6 is 0 Å². The van der Waals surface area contributed by atoms with E-state index in [0.29, 0.717) is 5.69 Å². The largest absolute Gasteiger partial charge is 0.353 e. The van der Waals surface area contributed by atoms with Crippen LogP contribution < -0.4 is 9.80 Å². The summed E-state index contributed by atoms with van der Waals surface area (Å²) in [6.07, 6.45) is 3.97. The van der Waals surface area contributed by atoms with E-state index in [1.54, 1.807) is 0 Å². The Hall–Kier alpha value is -3.73. The molecule has 5 heteroatoms. The Labute approximate surface area is 179 Å². The number of nitrogens with zero attached hydrogens (tertiary/aromatic N) is 2. The average Bonchev–Trinajstić information content (AvgIpc) is 3.26. The predicted octanol–water partition coefficient (Wildman–Crippen LogP) is 3.82. The van der Waals surface area contributed by atoms with Crippen LogP contribution in [0.1, 0.15) is 12.5 Å². The number of Topliss-reactive ketones (excluding diaryl/α,β-unsaturated/α-hetero) is 1. The summed E-state index contributed by atoms with van der Waals surface area (Å²) in [5, 5.41) is 1.82. The Morgan fingerprint density at radius 1 is 0.806 bits per heavy atom. The monoisotopic (exact) mass is 408 g/mol. The number of imide groups is 1. The van der Waals surface area contributed by atoms with Crippen molar-refractivity contribution >= 4 is 45.8 Å². The molecule has 31 heavy (non-hydrogen) atoms. The Bertz CT molecular complexity index is 1310. The van der Waals surface area contributed by atoms with Gasteiger partial charge in [0.15, 0.2) is 5.78 Å². The first-order valence-electron chi connectivity index (χ1n) is 10.5. The van der Waals surface area contributed by atoms with E-state index in [2.05, 4.69) is 0 Å². The summed E-state index contributed by atoms with van der Waals surface area (Å²) in [5.74, 6) is -1.88. The molecule has 2 fully saturated rings. The van der Waals surface area contributed by atoms with E-state index in [0.717, 1.165) is 22.0 Å². The molecule has 0 bridgehead atoms. The smallest absolute Gasteiger partial charge is 0.240 e. The van der Waals surface area contributed by atoms with Gasteiger partial charge in [-0.3, -0.25) is 14.4 Å². The molecule has 3 aliphatic rings. The number of hydrogen-bond donors (Lipinski definition) is 0. The summed E-state index contributed by atoms with van der Waals surface area (Å²) in [6, 6.07) is 20.2. The summed E-state index contributed by atoms with van der Waals surface area (Å²) < 4.78 is 0. The second-order valence-electron chi connectivity index (χ2n) is 8.43. The molecule has 0 saturated carbocycles. The first-order valence-corrected chi connectivity index (χ1v) is 10.5. The maximum absolute atomic E-state index is 13.7. The minimum Gasteiger partial charge on any atom is -0.353 e. The molecule has 2 saturated heterocycles. The highest BCUT2D eigenvalue weighted by Gasteiger charge is 2.63. The number of para-hydroxylation sites is 1. The van der Waals surface area contributed by atoms with Gasteiger partial charge in [0, 0.05) is 11.1 Å². The van der Waals surface area contributed by atoms with E-state index < -0.39 is 17.9 Å². The molecule has 6 rings (SSSR count). The van der Waals surface area contributed by atoms with Crippen molar-refractivity contribution in [2.45, 2.75) is 19.0 Å². The van der Waals surface area contributed by atoms with Crippen LogP contribution in [0.15, 0.2) is 72.8 Å². The number of carbonyl (C=O) groups excluding carboxylic acids is 3. The number of fused-ring (bicyclic) bond motifs is 6. The molecular formula is C26H20N2O3. The Kier molecular flexibility index (Phi) is 3.72. The number of anilines is 2. The van der Waals surface area contributed by atoms with Gasteiger partial charge in [-0.05, 0) is 30.0 Å². The molecule has 5 nitrogen and oxygen atoms in total. The zero-order valence-corrected chi connectivity index (χ0v) is 16.9. The second kappa shape index (κ2) is 6.38. The van der Waals surface area contributed by atoms with Crippen molar-refractivity contribution in [3.05, 3.63) is 78.4 Å². The van der Waals surface area contributed by atoms with Crippen molar-refractivity contribution < 1.29 is 14.4 Å². The minimum atomic E-state index is -0.690. The molecular weight excluding hydrogens is 388 g/mol. The molecule has 0 unspecified atom stereocenters. The van der Waals surface area contributed by atoms with Gasteiger partial charge in [-0.15, -0.1) is 0 Å². The molecule has 0 aliphatic carbocycles. The SMILES string of the molecule is CC(=O)[C@H]1[C@H]2C(=O)N(c3cccc4ccccc34)C(=O)[C@H]2[C@@H]2C=Cc3ccccc3N21. The molecule has 4 atom stereocenters. The van der Waals surface area contributed by atoms with Crippen LogP contribution in [0.5, 0.6) is 0 Å². The molecule has 0 radical (unpaired) electrons. The number of rotatable bonds is 2. The average molecular weight is 408 g/mol. The van der Waals surface area contributed by atoms with Crippen molar-refractivity contribution in [1.82, 2.24) is 0 Å². The van der Waals surface area contributed by atoms with Crippen LogP contribution in [-0.2, 0) is 14.4 Å². The molecule has 3 aromatic rings. The first kappa shape index (κ1) is 18.1. The van der Waals surface area contributed by atoms with Gasteiger partial charge in [0.2, 0.25) is 11.8 Å². The second-order valence-corrected chi connectivity index (χ2v) is 8.43. The molecule has 0 aromatic heterocycles. The maximum Gasteiger partial charge on any atom is 0.240 e. The lowest BCUT2D eigenvalue weighted by Gasteiger charge is -2.36. The Morgan fingerprint density at radius 2 is 1.48 bits per heavy atom. The molecule has 3 heterocycles. The summed E-state index contributed by atoms with van der Waals surface area (Å²) in [6.45, 7) is 1.52. The van der Waals surface area contributed by atoms with Gasteiger partial charge in [-0.25, -0.2) is 4.90 Å². The lowest BCUT2D eigenvalue weighted by molar-refractivity contribution is -0.126. The fraction of sp³-hybridized carbons (Fsp3) is 0.192. The zero-order chi connectivity index (χ0) is 21.3. The van der Waals surface area contributed by atoms with E-state index in [1.165, 1.54) is 11.8 Å². The van der Waals surface area contributed by atoms with E-state index in [9.17, 15) is 14.4 Å². The molecule has 0 N–H and O–H groups in total. The highest BCUT2D eigenvalue weighted by Crippen LogP contribution is 2.49. The van der Waals surface area contributed by atoms with Gasteiger partial charge in [0.1, 0.15) is 6.04 Å². The third kappa shape index (κ3) is 2.34. The van der Waals surface area contributed by atoms with E-state index in [4.69, 9.17) is 0 Å². The Balaban J connectivity index is 1.50. The van der Waals surface area contributed by atoms with Crippen molar-refractivity contribution in [3.63, 3.8) is 0 Å². The Morgan fingerprint density at radius 3 is 2.32 bits per heavy atom. The van der Waals surface area contributed by atoms with Gasteiger partial charge >= 0.3 is 0 Å². The fourth-order valence-electron chi connectivity index (χ4n) is 5.61. The number of amides is 2. The lowest BCUT2D eigenvalue weighted by Crippen LogP contribution is -2.48. The normalized spacial score (nSPS) is 26.2. The van der Waals surface area contributed by atoms with Crippen LogP contribution in [0, 0.1) is 11.8 Å². The predicted molar refractivity (Wildman–Crippen MR) is 120 cm³/mol. The number of carbonyl (C=O) groups is 3. The van der Waals surface area contributed by atoms with Gasteiger partial charge in [0.25, 0.3) is 0 Å². The molecule has 2 amide bonds.